The maximum Gasteiger partial charge on any atom is 0.237 e. The summed E-state index contributed by atoms with van der Waals surface area (Å²) in [4.78, 5) is 11.8. The van der Waals surface area contributed by atoms with Crippen molar-refractivity contribution in [1.82, 2.24) is 5.32 Å². The molecule has 0 heterocycles. The van der Waals surface area contributed by atoms with Gasteiger partial charge < -0.3 is 15.8 Å². The van der Waals surface area contributed by atoms with E-state index in [9.17, 15) is 4.79 Å². The number of nitrogens with two attached hydrogens (primary N) is 1. The Morgan fingerprint density at radius 1 is 1.50 bits per heavy atom. The number of carbonyl (C=O) groups is 1. The molecule has 2 atom stereocenters. The SMILES string of the molecule is CCCNC1(C(N)=O)CCCC(OC(C)(C)C)C1. The van der Waals surface area contributed by atoms with Crippen LogP contribution in [-0.2, 0) is 9.53 Å². The van der Waals surface area contributed by atoms with E-state index in [2.05, 4.69) is 12.2 Å². The van der Waals surface area contributed by atoms with Crippen LogP contribution in [0.3, 0.4) is 0 Å². The summed E-state index contributed by atoms with van der Waals surface area (Å²) in [5.74, 6) is -0.238. The predicted octanol–water partition coefficient (Wildman–Crippen LogP) is 1.97. The van der Waals surface area contributed by atoms with E-state index in [4.69, 9.17) is 10.5 Å². The Hall–Kier alpha value is -0.610. The zero-order chi connectivity index (χ0) is 13.8. The van der Waals surface area contributed by atoms with Gasteiger partial charge in [-0.3, -0.25) is 4.79 Å². The summed E-state index contributed by atoms with van der Waals surface area (Å²) < 4.78 is 6.02. The van der Waals surface area contributed by atoms with E-state index in [0.717, 1.165) is 32.2 Å². The minimum absolute atomic E-state index is 0.121. The summed E-state index contributed by atoms with van der Waals surface area (Å²) in [5, 5.41) is 3.35. The predicted molar refractivity (Wildman–Crippen MR) is 73.3 cm³/mol. The van der Waals surface area contributed by atoms with Crippen molar-refractivity contribution >= 4 is 5.91 Å². The van der Waals surface area contributed by atoms with Gasteiger partial charge in [0.05, 0.1) is 11.7 Å². The van der Waals surface area contributed by atoms with E-state index >= 15 is 0 Å². The van der Waals surface area contributed by atoms with E-state index in [0.29, 0.717) is 6.42 Å². The van der Waals surface area contributed by atoms with Crippen LogP contribution in [0.1, 0.15) is 59.8 Å². The van der Waals surface area contributed by atoms with Gasteiger partial charge in [-0.05, 0) is 53.0 Å². The zero-order valence-corrected chi connectivity index (χ0v) is 12.2. The third kappa shape index (κ3) is 4.25. The molecule has 2 unspecified atom stereocenters. The number of carbonyl (C=O) groups excluding carboxylic acids is 1. The Morgan fingerprint density at radius 2 is 2.17 bits per heavy atom. The van der Waals surface area contributed by atoms with Crippen molar-refractivity contribution in [2.45, 2.75) is 77.0 Å². The maximum atomic E-state index is 11.8. The van der Waals surface area contributed by atoms with Crippen LogP contribution in [0.15, 0.2) is 0 Å². The van der Waals surface area contributed by atoms with Gasteiger partial charge in [-0.25, -0.2) is 0 Å². The van der Waals surface area contributed by atoms with E-state index < -0.39 is 5.54 Å². The molecule has 0 saturated heterocycles. The molecule has 1 aliphatic carbocycles. The van der Waals surface area contributed by atoms with Crippen molar-refractivity contribution in [2.75, 3.05) is 6.54 Å². The Morgan fingerprint density at radius 3 is 2.67 bits per heavy atom. The second-order valence-electron chi connectivity index (χ2n) is 6.32. The number of ether oxygens (including phenoxy) is 1. The van der Waals surface area contributed by atoms with Gasteiger partial charge in [0.15, 0.2) is 0 Å². The van der Waals surface area contributed by atoms with Crippen LogP contribution in [-0.4, -0.2) is 29.7 Å². The second kappa shape index (κ2) is 6.02. The normalized spacial score (nSPS) is 29.2. The summed E-state index contributed by atoms with van der Waals surface area (Å²) in [6.45, 7) is 9.06. The quantitative estimate of drug-likeness (QED) is 0.790. The number of primary amides is 1. The van der Waals surface area contributed by atoms with Crippen molar-refractivity contribution in [3.63, 3.8) is 0 Å². The molecule has 0 spiro atoms. The Bertz CT molecular complexity index is 286. The molecule has 1 rings (SSSR count). The van der Waals surface area contributed by atoms with Crippen molar-refractivity contribution in [1.29, 1.82) is 0 Å². The molecule has 3 N–H and O–H groups in total. The minimum Gasteiger partial charge on any atom is -0.373 e. The van der Waals surface area contributed by atoms with Gasteiger partial charge in [0.25, 0.3) is 0 Å². The van der Waals surface area contributed by atoms with E-state index in [-0.39, 0.29) is 17.6 Å². The molecule has 1 aliphatic rings. The molecule has 0 aromatic carbocycles. The topological polar surface area (TPSA) is 64.3 Å². The third-order valence-corrected chi connectivity index (χ3v) is 3.41. The maximum absolute atomic E-state index is 11.8. The molecule has 1 fully saturated rings. The molecule has 1 amide bonds. The highest BCUT2D eigenvalue weighted by Gasteiger charge is 2.42. The molecule has 0 bridgehead atoms. The van der Waals surface area contributed by atoms with Gasteiger partial charge in [0.2, 0.25) is 5.91 Å². The van der Waals surface area contributed by atoms with Crippen LogP contribution in [0, 0.1) is 0 Å². The molecule has 4 nitrogen and oxygen atoms in total. The van der Waals surface area contributed by atoms with Crippen molar-refractivity contribution < 1.29 is 9.53 Å². The summed E-state index contributed by atoms with van der Waals surface area (Å²) >= 11 is 0. The first-order valence-corrected chi connectivity index (χ1v) is 7.02. The second-order valence-corrected chi connectivity index (χ2v) is 6.32. The minimum atomic E-state index is -0.565. The molecular formula is C14H28N2O2. The van der Waals surface area contributed by atoms with Gasteiger partial charge in [-0.2, -0.15) is 0 Å². The van der Waals surface area contributed by atoms with E-state index in [1.165, 1.54) is 0 Å². The molecule has 106 valence electrons. The van der Waals surface area contributed by atoms with Crippen LogP contribution in [0.4, 0.5) is 0 Å². The summed E-state index contributed by atoms with van der Waals surface area (Å²) in [7, 11) is 0. The lowest BCUT2D eigenvalue weighted by molar-refractivity contribution is -0.133. The molecule has 0 aliphatic heterocycles. The van der Waals surface area contributed by atoms with E-state index in [1.807, 2.05) is 20.8 Å². The number of rotatable bonds is 5. The molecule has 18 heavy (non-hydrogen) atoms. The molecule has 0 aromatic heterocycles. The first-order valence-electron chi connectivity index (χ1n) is 7.02. The van der Waals surface area contributed by atoms with Gasteiger partial charge in [0, 0.05) is 6.42 Å². The van der Waals surface area contributed by atoms with Gasteiger partial charge in [-0.1, -0.05) is 6.92 Å². The van der Waals surface area contributed by atoms with Crippen LogP contribution in [0.25, 0.3) is 0 Å². The third-order valence-electron chi connectivity index (χ3n) is 3.41. The first kappa shape index (κ1) is 15.4. The molecular weight excluding hydrogens is 228 g/mol. The largest absolute Gasteiger partial charge is 0.373 e. The van der Waals surface area contributed by atoms with Gasteiger partial charge in [-0.15, -0.1) is 0 Å². The fourth-order valence-electron chi connectivity index (χ4n) is 2.66. The van der Waals surface area contributed by atoms with Crippen LogP contribution >= 0.6 is 0 Å². The number of hydrogen-bond acceptors (Lipinski definition) is 3. The van der Waals surface area contributed by atoms with Crippen LogP contribution in [0.5, 0.6) is 0 Å². The van der Waals surface area contributed by atoms with Crippen molar-refractivity contribution in [3.8, 4) is 0 Å². The molecule has 0 aromatic rings. The average Bonchev–Trinajstić information content (AvgIpc) is 2.24. The standard InChI is InChI=1S/C14H28N2O2/c1-5-9-16-14(12(15)17)8-6-7-11(10-14)18-13(2,3)4/h11,16H,5-10H2,1-4H3,(H2,15,17). The molecule has 0 radical (unpaired) electrons. The average molecular weight is 256 g/mol. The molecule has 1 saturated carbocycles. The summed E-state index contributed by atoms with van der Waals surface area (Å²) in [5.41, 5.74) is 4.88. The highest BCUT2D eigenvalue weighted by molar-refractivity contribution is 5.84. The smallest absolute Gasteiger partial charge is 0.237 e. The summed E-state index contributed by atoms with van der Waals surface area (Å²) in [6, 6.07) is 0. The first-order chi connectivity index (χ1) is 8.29. The highest BCUT2D eigenvalue weighted by atomic mass is 16.5. The lowest BCUT2D eigenvalue weighted by Crippen LogP contribution is -2.59. The monoisotopic (exact) mass is 256 g/mol. The Balaban J connectivity index is 2.70. The van der Waals surface area contributed by atoms with Crippen LogP contribution < -0.4 is 11.1 Å². The molecule has 4 heteroatoms. The Kier molecular flexibility index (Phi) is 5.17. The highest BCUT2D eigenvalue weighted by Crippen LogP contribution is 2.32. The van der Waals surface area contributed by atoms with Gasteiger partial charge in [0.1, 0.15) is 5.54 Å². The van der Waals surface area contributed by atoms with E-state index in [1.54, 1.807) is 0 Å². The fourth-order valence-corrected chi connectivity index (χ4v) is 2.66. The lowest BCUT2D eigenvalue weighted by Gasteiger charge is -2.41. The number of hydrogen-bond donors (Lipinski definition) is 2. The fraction of sp³-hybridized carbons (Fsp3) is 0.929. The number of nitrogens with one attached hydrogen (secondary N) is 1. The number of amides is 1. The van der Waals surface area contributed by atoms with Crippen molar-refractivity contribution in [2.24, 2.45) is 5.73 Å². The lowest BCUT2D eigenvalue weighted by atomic mass is 9.79. The van der Waals surface area contributed by atoms with Gasteiger partial charge >= 0.3 is 0 Å². The van der Waals surface area contributed by atoms with Crippen molar-refractivity contribution in [3.05, 3.63) is 0 Å². The Labute approximate surface area is 111 Å². The van der Waals surface area contributed by atoms with Crippen LogP contribution in [0.2, 0.25) is 0 Å². The zero-order valence-electron chi connectivity index (χ0n) is 12.2. The summed E-state index contributed by atoms with van der Waals surface area (Å²) in [6.07, 6.45) is 4.64.